The van der Waals surface area contributed by atoms with E-state index in [0.29, 0.717) is 0 Å². The lowest BCUT2D eigenvalue weighted by Gasteiger charge is -2.48. The summed E-state index contributed by atoms with van der Waals surface area (Å²) < 4.78 is 22.5. The first-order chi connectivity index (χ1) is 15.5. The number of hydrogen-bond acceptors (Lipinski definition) is 15. The first kappa shape index (κ1) is 27.0. The van der Waals surface area contributed by atoms with E-state index in [1.54, 1.807) is 0 Å². The number of ether oxygens (including phenoxy) is 4. The molecule has 0 aromatic carbocycles. The summed E-state index contributed by atoms with van der Waals surface area (Å²) in [6, 6.07) is -3.92. The average Bonchev–Trinajstić information content (AvgIpc) is 2.79. The Morgan fingerprint density at radius 3 is 1.76 bits per heavy atom. The highest BCUT2D eigenvalue weighted by molar-refractivity contribution is 5.01. The van der Waals surface area contributed by atoms with Gasteiger partial charge in [-0.25, -0.2) is 0 Å². The van der Waals surface area contributed by atoms with Gasteiger partial charge in [0.25, 0.3) is 0 Å². The van der Waals surface area contributed by atoms with E-state index in [9.17, 15) is 30.6 Å². The molecule has 15 heteroatoms. The van der Waals surface area contributed by atoms with E-state index in [1.807, 2.05) is 0 Å². The zero-order valence-electron chi connectivity index (χ0n) is 18.0. The van der Waals surface area contributed by atoms with Crippen LogP contribution in [0.5, 0.6) is 0 Å². The van der Waals surface area contributed by atoms with Crippen LogP contribution in [0.15, 0.2) is 0 Å². The summed E-state index contributed by atoms with van der Waals surface area (Å²) in [5.74, 6) is 0. The van der Waals surface area contributed by atoms with E-state index in [-0.39, 0.29) is 13.0 Å². The number of nitrogens with two attached hydrogens (primary N) is 5. The van der Waals surface area contributed by atoms with Gasteiger partial charge in [0.15, 0.2) is 12.6 Å². The number of rotatable bonds is 6. The Labute approximate surface area is 190 Å². The minimum absolute atomic E-state index is 0.115. The molecule has 3 fully saturated rings. The van der Waals surface area contributed by atoms with Gasteiger partial charge in [0.1, 0.15) is 54.9 Å². The van der Waals surface area contributed by atoms with E-state index in [1.165, 1.54) is 0 Å². The molecule has 0 spiro atoms. The summed E-state index contributed by atoms with van der Waals surface area (Å²) in [7, 11) is 0. The molecule has 0 radical (unpaired) electrons. The molecule has 3 aliphatic rings. The highest BCUT2D eigenvalue weighted by Crippen LogP contribution is 2.30. The van der Waals surface area contributed by atoms with Gasteiger partial charge in [-0.3, -0.25) is 0 Å². The maximum atomic E-state index is 11.0. The van der Waals surface area contributed by atoms with Crippen LogP contribution in [0.1, 0.15) is 6.42 Å². The standard InChI is InChI=1S/C18H37N5O10/c19-2-6-11(26)12(27)9(23)17(30-6)32-15-4(20)1-5(21)16(14(15)29)33-18-13(28)8(22)10(25)7(3-24)31-18/h4-18,24-29H,1-3,19-23H2/t4-,5+,6+,7+,8-,9+,10+,11+,12+,13+,14-,15+,16-,17+,18-/m0/s1. The third-order valence-electron chi connectivity index (χ3n) is 6.56. The molecule has 0 aromatic heterocycles. The second-order valence-corrected chi connectivity index (χ2v) is 8.88. The smallest absolute Gasteiger partial charge is 0.186 e. The fraction of sp³-hybridized carbons (Fsp3) is 1.00. The molecular weight excluding hydrogens is 446 g/mol. The van der Waals surface area contributed by atoms with E-state index in [2.05, 4.69) is 0 Å². The zero-order chi connectivity index (χ0) is 24.6. The van der Waals surface area contributed by atoms with Gasteiger partial charge in [-0.1, -0.05) is 0 Å². The van der Waals surface area contributed by atoms with Crippen molar-refractivity contribution in [1.82, 2.24) is 0 Å². The van der Waals surface area contributed by atoms with Crippen LogP contribution in [0.2, 0.25) is 0 Å². The van der Waals surface area contributed by atoms with Gasteiger partial charge in [-0.2, -0.15) is 0 Å². The van der Waals surface area contributed by atoms with Gasteiger partial charge in [0.2, 0.25) is 0 Å². The van der Waals surface area contributed by atoms with Crippen LogP contribution in [-0.2, 0) is 18.9 Å². The SMILES string of the molecule is NC[C@H]1O[C@H](O[C@H]2[C@H](O)[C@@H](O[C@@H]3O[C@H](CO)[C@@H](O)[C@H](N)[C@H]3O)[C@H](N)C[C@@H]2N)[C@H](N)[C@@H](O)[C@@H]1O. The Balaban J connectivity index is 1.72. The second kappa shape index (κ2) is 11.0. The van der Waals surface area contributed by atoms with E-state index < -0.39 is 98.3 Å². The predicted molar refractivity (Wildman–Crippen MR) is 110 cm³/mol. The van der Waals surface area contributed by atoms with Gasteiger partial charge in [0, 0.05) is 18.6 Å². The van der Waals surface area contributed by atoms with Crippen molar-refractivity contribution in [2.45, 2.75) is 98.1 Å². The lowest BCUT2D eigenvalue weighted by molar-refractivity contribution is -0.318. The Kier molecular flexibility index (Phi) is 8.99. The molecule has 2 heterocycles. The quantitative estimate of drug-likeness (QED) is 0.167. The lowest BCUT2D eigenvalue weighted by atomic mass is 9.84. The molecule has 33 heavy (non-hydrogen) atoms. The molecule has 2 aliphatic heterocycles. The Morgan fingerprint density at radius 2 is 1.21 bits per heavy atom. The molecule has 15 atom stereocenters. The maximum Gasteiger partial charge on any atom is 0.186 e. The average molecular weight is 484 g/mol. The molecular formula is C18H37N5O10. The largest absolute Gasteiger partial charge is 0.394 e. The van der Waals surface area contributed by atoms with Crippen LogP contribution in [-0.4, -0.2) is 135 Å². The molecule has 0 unspecified atom stereocenters. The fourth-order valence-corrected chi connectivity index (χ4v) is 4.45. The van der Waals surface area contributed by atoms with Crippen molar-refractivity contribution in [3.8, 4) is 0 Å². The molecule has 15 nitrogen and oxygen atoms in total. The van der Waals surface area contributed by atoms with Crippen molar-refractivity contribution in [2.24, 2.45) is 28.7 Å². The number of aliphatic hydroxyl groups excluding tert-OH is 6. The molecule has 1 saturated carbocycles. The first-order valence-corrected chi connectivity index (χ1v) is 10.9. The van der Waals surface area contributed by atoms with Crippen LogP contribution in [0.3, 0.4) is 0 Å². The summed E-state index contributed by atoms with van der Waals surface area (Å²) in [5, 5.41) is 60.9. The van der Waals surface area contributed by atoms with E-state index in [0.717, 1.165) is 0 Å². The van der Waals surface area contributed by atoms with E-state index >= 15 is 0 Å². The van der Waals surface area contributed by atoms with Crippen molar-refractivity contribution >= 4 is 0 Å². The van der Waals surface area contributed by atoms with Crippen molar-refractivity contribution in [2.75, 3.05) is 13.2 Å². The normalized spacial score (nSPS) is 53.7. The van der Waals surface area contributed by atoms with Crippen molar-refractivity contribution < 1.29 is 49.6 Å². The summed E-state index contributed by atoms with van der Waals surface area (Å²) in [4.78, 5) is 0. The molecule has 0 amide bonds. The first-order valence-electron chi connectivity index (χ1n) is 10.9. The Hall–Kier alpha value is -0.600. The van der Waals surface area contributed by atoms with Crippen molar-refractivity contribution in [3.05, 3.63) is 0 Å². The topological polar surface area (TPSA) is 288 Å². The number of aliphatic hydroxyl groups is 6. The van der Waals surface area contributed by atoms with Crippen LogP contribution in [0.25, 0.3) is 0 Å². The molecule has 1 aliphatic carbocycles. The third kappa shape index (κ3) is 5.32. The Bertz CT molecular complexity index is 585. The maximum absolute atomic E-state index is 11.0. The zero-order valence-corrected chi connectivity index (χ0v) is 18.0. The minimum Gasteiger partial charge on any atom is -0.394 e. The summed E-state index contributed by atoms with van der Waals surface area (Å²) in [5.41, 5.74) is 29.6. The van der Waals surface area contributed by atoms with Crippen LogP contribution < -0.4 is 28.7 Å². The van der Waals surface area contributed by atoms with Crippen LogP contribution in [0, 0.1) is 0 Å². The number of hydrogen-bond donors (Lipinski definition) is 11. The van der Waals surface area contributed by atoms with Gasteiger partial charge in [0.05, 0.1) is 18.7 Å². The lowest BCUT2D eigenvalue weighted by Crippen LogP contribution is -2.69. The van der Waals surface area contributed by atoms with Gasteiger partial charge in [-0.15, -0.1) is 0 Å². The summed E-state index contributed by atoms with van der Waals surface area (Å²) in [6.07, 6.45) is -13.9. The second-order valence-electron chi connectivity index (χ2n) is 8.88. The fourth-order valence-electron chi connectivity index (χ4n) is 4.45. The van der Waals surface area contributed by atoms with Gasteiger partial charge < -0.3 is 78.3 Å². The van der Waals surface area contributed by atoms with Crippen molar-refractivity contribution in [1.29, 1.82) is 0 Å². The van der Waals surface area contributed by atoms with Gasteiger partial charge >= 0.3 is 0 Å². The minimum atomic E-state index is -1.48. The molecule has 3 rings (SSSR count). The van der Waals surface area contributed by atoms with Crippen molar-refractivity contribution in [3.63, 3.8) is 0 Å². The molecule has 194 valence electrons. The Morgan fingerprint density at radius 1 is 0.667 bits per heavy atom. The highest BCUT2D eigenvalue weighted by Gasteiger charge is 2.51. The highest BCUT2D eigenvalue weighted by atomic mass is 16.7. The van der Waals surface area contributed by atoms with Gasteiger partial charge in [-0.05, 0) is 6.42 Å². The van der Waals surface area contributed by atoms with Crippen LogP contribution in [0.4, 0.5) is 0 Å². The van der Waals surface area contributed by atoms with Crippen LogP contribution >= 0.6 is 0 Å². The molecule has 16 N–H and O–H groups in total. The molecule has 0 bridgehead atoms. The monoisotopic (exact) mass is 483 g/mol. The summed E-state index contributed by atoms with van der Waals surface area (Å²) in [6.45, 7) is -0.694. The third-order valence-corrected chi connectivity index (χ3v) is 6.56. The molecule has 0 aromatic rings. The predicted octanol–water partition coefficient (Wildman–Crippen LogP) is -7.33. The summed E-state index contributed by atoms with van der Waals surface area (Å²) >= 11 is 0. The molecule has 2 saturated heterocycles. The van der Waals surface area contributed by atoms with E-state index in [4.69, 9.17) is 47.6 Å².